The van der Waals surface area contributed by atoms with Crippen molar-refractivity contribution in [3.63, 3.8) is 0 Å². The minimum atomic E-state index is -1.22. The first-order valence-electron chi connectivity index (χ1n) is 3.30. The van der Waals surface area contributed by atoms with E-state index in [0.29, 0.717) is 5.06 Å². The lowest BCUT2D eigenvalue weighted by Gasteiger charge is -2.09. The Labute approximate surface area is 86.3 Å². The zero-order valence-corrected chi connectivity index (χ0v) is 8.44. The molecular weight excluding hydrogens is 293 g/mol. The number of imide groups is 1. The van der Waals surface area contributed by atoms with Crippen LogP contribution in [-0.2, 0) is 24.0 Å². The quantitative estimate of drug-likeness (QED) is 0.298. The molecule has 0 atom stereocenters. The van der Waals surface area contributed by atoms with Crippen LogP contribution in [0.1, 0.15) is 12.8 Å². The Balaban J connectivity index is 2.63. The van der Waals surface area contributed by atoms with Crippen LogP contribution in [0.2, 0.25) is 0 Å². The first-order valence-corrected chi connectivity index (χ1v) is 4.38. The van der Waals surface area contributed by atoms with E-state index in [4.69, 9.17) is 0 Å². The number of amides is 2. The van der Waals surface area contributed by atoms with Crippen molar-refractivity contribution < 1.29 is 24.0 Å². The molecule has 0 bridgehead atoms. The minimum absolute atomic E-state index is 0.0154. The molecular formula is C6H4INO5. The van der Waals surface area contributed by atoms with Gasteiger partial charge < -0.3 is 4.84 Å². The van der Waals surface area contributed by atoms with Gasteiger partial charge in [-0.15, -0.1) is 5.06 Å². The lowest BCUT2D eigenvalue weighted by Crippen LogP contribution is -2.33. The lowest BCUT2D eigenvalue weighted by atomic mass is 10.4. The molecule has 0 saturated carbocycles. The van der Waals surface area contributed by atoms with E-state index in [9.17, 15) is 19.2 Å². The highest BCUT2D eigenvalue weighted by atomic mass is 127. The van der Waals surface area contributed by atoms with Gasteiger partial charge in [-0.2, -0.15) is 0 Å². The van der Waals surface area contributed by atoms with E-state index in [-0.39, 0.29) is 12.8 Å². The molecule has 70 valence electrons. The van der Waals surface area contributed by atoms with Gasteiger partial charge in [0.15, 0.2) is 0 Å². The molecule has 0 unspecified atom stereocenters. The molecule has 6 nitrogen and oxygen atoms in total. The Morgan fingerprint density at radius 1 is 1.23 bits per heavy atom. The molecule has 0 aliphatic carbocycles. The third-order valence-electron chi connectivity index (χ3n) is 1.34. The Hall–Kier alpha value is -0.990. The van der Waals surface area contributed by atoms with Gasteiger partial charge in [0.05, 0.1) is 0 Å². The van der Waals surface area contributed by atoms with Gasteiger partial charge in [-0.05, 0) is 0 Å². The van der Waals surface area contributed by atoms with Crippen molar-refractivity contribution in [2.75, 3.05) is 0 Å². The topological polar surface area (TPSA) is 80.8 Å². The third-order valence-corrected chi connectivity index (χ3v) is 1.78. The van der Waals surface area contributed by atoms with Gasteiger partial charge in [0.2, 0.25) is 0 Å². The standard InChI is InChI=1S/C6H4INO5/c7-5(11)6(12)13-8-3(9)1-2-4(8)10/h1-2H2. The largest absolute Gasteiger partial charge is 0.410 e. The summed E-state index contributed by atoms with van der Waals surface area (Å²) in [7, 11) is 0. The highest BCUT2D eigenvalue weighted by molar-refractivity contribution is 14.1. The summed E-state index contributed by atoms with van der Waals surface area (Å²) in [6, 6.07) is 0. The fraction of sp³-hybridized carbons (Fsp3) is 0.333. The molecule has 1 heterocycles. The van der Waals surface area contributed by atoms with Crippen molar-refractivity contribution in [1.82, 2.24) is 5.06 Å². The zero-order valence-electron chi connectivity index (χ0n) is 6.28. The van der Waals surface area contributed by atoms with Crippen molar-refractivity contribution in [2.45, 2.75) is 12.8 Å². The number of halogens is 1. The second kappa shape index (κ2) is 3.81. The Kier molecular flexibility index (Phi) is 2.96. The molecule has 0 aromatic heterocycles. The highest BCUT2D eigenvalue weighted by Crippen LogP contribution is 2.12. The molecule has 0 N–H and O–H groups in total. The average Bonchev–Trinajstić information content (AvgIpc) is 2.35. The molecule has 7 heteroatoms. The predicted octanol–water partition coefficient (Wildman–Crippen LogP) is -0.445. The molecule has 0 radical (unpaired) electrons. The number of nitrogens with zero attached hydrogens (tertiary/aromatic N) is 1. The molecule has 0 aromatic rings. The van der Waals surface area contributed by atoms with Crippen LogP contribution in [-0.4, -0.2) is 26.6 Å². The van der Waals surface area contributed by atoms with Crippen molar-refractivity contribution in [2.24, 2.45) is 0 Å². The molecule has 1 rings (SSSR count). The van der Waals surface area contributed by atoms with E-state index in [1.807, 2.05) is 0 Å². The van der Waals surface area contributed by atoms with Gasteiger partial charge in [-0.1, -0.05) is 0 Å². The second-order valence-electron chi connectivity index (χ2n) is 2.23. The number of carbonyl (C=O) groups excluding carboxylic acids is 4. The summed E-state index contributed by atoms with van der Waals surface area (Å²) < 4.78 is -0.884. The van der Waals surface area contributed by atoms with Crippen LogP contribution < -0.4 is 0 Å². The van der Waals surface area contributed by atoms with E-state index in [0.717, 1.165) is 0 Å². The lowest BCUT2D eigenvalue weighted by molar-refractivity contribution is -0.196. The van der Waals surface area contributed by atoms with Gasteiger partial charge in [-0.3, -0.25) is 14.4 Å². The molecule has 0 aromatic carbocycles. The van der Waals surface area contributed by atoms with Crippen molar-refractivity contribution in [1.29, 1.82) is 0 Å². The van der Waals surface area contributed by atoms with E-state index in [2.05, 4.69) is 4.84 Å². The monoisotopic (exact) mass is 297 g/mol. The number of hydrogen-bond donors (Lipinski definition) is 0. The van der Waals surface area contributed by atoms with Crippen LogP contribution in [0.3, 0.4) is 0 Å². The smallest absolute Gasteiger partial charge is 0.321 e. The van der Waals surface area contributed by atoms with Crippen LogP contribution in [0.5, 0.6) is 0 Å². The maximum Gasteiger partial charge on any atom is 0.410 e. The number of carbonyl (C=O) groups is 4. The van der Waals surface area contributed by atoms with Gasteiger partial charge in [0.25, 0.3) is 11.8 Å². The highest BCUT2D eigenvalue weighted by Gasteiger charge is 2.33. The van der Waals surface area contributed by atoms with Crippen LogP contribution in [0, 0.1) is 0 Å². The summed E-state index contributed by atoms with van der Waals surface area (Å²) >= 11 is 1.21. The van der Waals surface area contributed by atoms with E-state index in [1.54, 1.807) is 0 Å². The summed E-state index contributed by atoms with van der Waals surface area (Å²) in [4.78, 5) is 47.0. The summed E-state index contributed by atoms with van der Waals surface area (Å²) in [6.45, 7) is 0. The second-order valence-corrected chi connectivity index (χ2v) is 3.21. The van der Waals surface area contributed by atoms with Crippen LogP contribution in [0.25, 0.3) is 0 Å². The minimum Gasteiger partial charge on any atom is -0.321 e. The van der Waals surface area contributed by atoms with Crippen LogP contribution >= 0.6 is 22.6 Å². The fourth-order valence-corrected chi connectivity index (χ4v) is 0.875. The Morgan fingerprint density at radius 2 is 1.69 bits per heavy atom. The van der Waals surface area contributed by atoms with Crippen molar-refractivity contribution in [3.8, 4) is 0 Å². The van der Waals surface area contributed by atoms with Crippen molar-refractivity contribution >= 4 is 44.2 Å². The Bertz CT molecular complexity index is 283. The first kappa shape index (κ1) is 10.1. The molecule has 0 spiro atoms. The molecule has 1 aliphatic heterocycles. The fourth-order valence-electron chi connectivity index (χ4n) is 0.777. The maximum atomic E-state index is 10.9. The molecule has 1 saturated heterocycles. The summed E-state index contributed by atoms with van der Waals surface area (Å²) in [5.41, 5.74) is 0. The summed E-state index contributed by atoms with van der Waals surface area (Å²) in [6.07, 6.45) is 0.0309. The average molecular weight is 297 g/mol. The van der Waals surface area contributed by atoms with Gasteiger partial charge in [-0.25, -0.2) is 4.79 Å². The van der Waals surface area contributed by atoms with E-state index < -0.39 is 21.6 Å². The SMILES string of the molecule is O=C(I)C(=O)ON1C(=O)CCC1=O. The maximum absolute atomic E-state index is 10.9. The normalized spacial score (nSPS) is 16.2. The number of hydrogen-bond acceptors (Lipinski definition) is 5. The third kappa shape index (κ3) is 2.23. The molecule has 13 heavy (non-hydrogen) atoms. The number of hydroxylamine groups is 2. The molecule has 1 aliphatic rings. The molecule has 2 amide bonds. The summed E-state index contributed by atoms with van der Waals surface area (Å²) in [5.74, 6) is -2.42. The van der Waals surface area contributed by atoms with Gasteiger partial charge in [0, 0.05) is 35.4 Å². The van der Waals surface area contributed by atoms with Crippen LogP contribution in [0.4, 0.5) is 0 Å². The Morgan fingerprint density at radius 3 is 2.08 bits per heavy atom. The zero-order chi connectivity index (χ0) is 10.0. The first-order chi connectivity index (χ1) is 6.02. The van der Waals surface area contributed by atoms with E-state index >= 15 is 0 Å². The number of rotatable bonds is 2. The molecule has 1 fully saturated rings. The predicted molar refractivity (Wildman–Crippen MR) is 46.2 cm³/mol. The van der Waals surface area contributed by atoms with Crippen LogP contribution in [0.15, 0.2) is 0 Å². The van der Waals surface area contributed by atoms with Crippen molar-refractivity contribution in [3.05, 3.63) is 0 Å². The summed E-state index contributed by atoms with van der Waals surface area (Å²) in [5, 5.41) is 0.332. The van der Waals surface area contributed by atoms with E-state index in [1.165, 1.54) is 22.6 Å². The van der Waals surface area contributed by atoms with Gasteiger partial charge in [0.1, 0.15) is 0 Å². The van der Waals surface area contributed by atoms with Gasteiger partial charge >= 0.3 is 9.76 Å².